The van der Waals surface area contributed by atoms with Crippen molar-refractivity contribution >= 4 is 5.91 Å². The topological polar surface area (TPSA) is 149 Å². The Labute approximate surface area is 385 Å². The van der Waals surface area contributed by atoms with Crippen molar-refractivity contribution in [3.8, 4) is 0 Å². The molecule has 1 amide bonds. The van der Waals surface area contributed by atoms with Gasteiger partial charge in [0.1, 0.15) is 24.4 Å². The second-order valence-electron chi connectivity index (χ2n) is 17.6. The Kier molecular flexibility index (Phi) is 40.5. The minimum Gasteiger partial charge on any atom is -0.394 e. The van der Waals surface area contributed by atoms with E-state index >= 15 is 0 Å². The molecule has 63 heavy (non-hydrogen) atoms. The first kappa shape index (κ1) is 58.6. The third kappa shape index (κ3) is 33.7. The first-order valence-electron chi connectivity index (χ1n) is 25.7. The van der Waals surface area contributed by atoms with E-state index in [1.807, 2.05) is 6.08 Å². The first-order chi connectivity index (χ1) is 30.8. The van der Waals surface area contributed by atoms with E-state index in [0.717, 1.165) is 64.2 Å². The van der Waals surface area contributed by atoms with Gasteiger partial charge in [-0.1, -0.05) is 202 Å². The van der Waals surface area contributed by atoms with Gasteiger partial charge < -0.3 is 40.3 Å². The number of ether oxygens (including phenoxy) is 2. The van der Waals surface area contributed by atoms with Crippen molar-refractivity contribution in [2.45, 2.75) is 249 Å². The molecule has 0 aromatic carbocycles. The average Bonchev–Trinajstić information content (AvgIpc) is 3.28. The number of rotatable bonds is 42. The largest absolute Gasteiger partial charge is 0.394 e. The zero-order chi connectivity index (χ0) is 45.9. The molecule has 0 saturated carbocycles. The highest BCUT2D eigenvalue weighted by molar-refractivity contribution is 5.76. The van der Waals surface area contributed by atoms with Crippen LogP contribution < -0.4 is 5.32 Å². The minimum atomic E-state index is -1.57. The SMILES string of the molecule is CC/C=C\C/C=C\C/C=C\C/C=C\CCCCCCCCCCCCCCCCCCC(=O)NC(COC1OC(CO)C(O)C(O)C1O)C(O)/C=C/CC/C=C/CCCCCCC. The van der Waals surface area contributed by atoms with Crippen LogP contribution in [0.1, 0.15) is 206 Å². The second-order valence-corrected chi connectivity index (χ2v) is 17.6. The summed E-state index contributed by atoms with van der Waals surface area (Å²) in [6, 6.07) is -0.822. The molecule has 1 aliphatic rings. The van der Waals surface area contributed by atoms with Crippen LogP contribution in [0.15, 0.2) is 72.9 Å². The van der Waals surface area contributed by atoms with Gasteiger partial charge >= 0.3 is 0 Å². The minimum absolute atomic E-state index is 0.190. The number of aliphatic hydroxyl groups excluding tert-OH is 5. The number of carbonyl (C=O) groups excluding carboxylic acids is 1. The fraction of sp³-hybridized carbons (Fsp3) is 0.759. The lowest BCUT2D eigenvalue weighted by atomic mass is 9.99. The van der Waals surface area contributed by atoms with Gasteiger partial charge in [-0.15, -0.1) is 0 Å². The van der Waals surface area contributed by atoms with Gasteiger partial charge in [0.05, 0.1) is 25.4 Å². The van der Waals surface area contributed by atoms with E-state index in [0.29, 0.717) is 6.42 Å². The molecule has 1 saturated heterocycles. The van der Waals surface area contributed by atoms with Gasteiger partial charge in [-0.05, 0) is 70.6 Å². The van der Waals surface area contributed by atoms with Crippen LogP contribution in [0.5, 0.6) is 0 Å². The van der Waals surface area contributed by atoms with Gasteiger partial charge in [0.15, 0.2) is 6.29 Å². The molecule has 0 aliphatic carbocycles. The first-order valence-corrected chi connectivity index (χ1v) is 25.7. The molecular weight excluding hydrogens is 791 g/mol. The summed E-state index contributed by atoms with van der Waals surface area (Å²) in [5.41, 5.74) is 0. The Morgan fingerprint density at radius 1 is 0.556 bits per heavy atom. The van der Waals surface area contributed by atoms with Crippen molar-refractivity contribution in [2.75, 3.05) is 13.2 Å². The maximum absolute atomic E-state index is 13.0. The maximum Gasteiger partial charge on any atom is 0.220 e. The Balaban J connectivity index is 2.18. The third-order valence-corrected chi connectivity index (χ3v) is 11.8. The Morgan fingerprint density at radius 2 is 1.00 bits per heavy atom. The molecule has 0 aromatic rings. The van der Waals surface area contributed by atoms with Crippen LogP contribution in [0.4, 0.5) is 0 Å². The molecule has 0 bridgehead atoms. The summed E-state index contributed by atoms with van der Waals surface area (Å²) < 4.78 is 11.2. The number of hydrogen-bond acceptors (Lipinski definition) is 8. The predicted molar refractivity (Wildman–Crippen MR) is 262 cm³/mol. The number of aliphatic hydroxyl groups is 5. The van der Waals surface area contributed by atoms with Crippen LogP contribution in [0.2, 0.25) is 0 Å². The fourth-order valence-electron chi connectivity index (χ4n) is 7.69. The van der Waals surface area contributed by atoms with Gasteiger partial charge in [-0.2, -0.15) is 0 Å². The number of carbonyl (C=O) groups is 1. The van der Waals surface area contributed by atoms with Crippen LogP contribution in [0.3, 0.4) is 0 Å². The van der Waals surface area contributed by atoms with Gasteiger partial charge in [-0.3, -0.25) is 4.79 Å². The molecule has 1 rings (SSSR count). The second kappa shape index (κ2) is 43.5. The smallest absolute Gasteiger partial charge is 0.220 e. The summed E-state index contributed by atoms with van der Waals surface area (Å²) in [6.07, 6.45) is 52.6. The Morgan fingerprint density at radius 3 is 1.52 bits per heavy atom. The monoisotopic (exact) mass is 886 g/mol. The molecule has 9 nitrogen and oxygen atoms in total. The molecule has 1 fully saturated rings. The van der Waals surface area contributed by atoms with E-state index in [-0.39, 0.29) is 12.5 Å². The third-order valence-electron chi connectivity index (χ3n) is 11.8. The molecule has 1 aliphatic heterocycles. The zero-order valence-electron chi connectivity index (χ0n) is 40.1. The Hall–Kier alpha value is -2.37. The normalized spacial score (nSPS) is 20.8. The highest BCUT2D eigenvalue weighted by atomic mass is 16.7. The van der Waals surface area contributed by atoms with E-state index < -0.39 is 49.5 Å². The van der Waals surface area contributed by atoms with E-state index in [9.17, 15) is 30.3 Å². The standard InChI is InChI=1S/C54H95NO8/c1-3-5-7-9-11-13-15-16-17-18-19-20-21-22-23-24-25-26-27-28-29-30-31-32-34-36-38-40-42-44-50(58)55-47(46-62-54-53(61)52(60)51(59)49(45-56)63-54)48(57)43-41-39-37-35-33-14-12-10-8-6-4-2/h5,7,11,13,16-17,19-20,33,35,41,43,47-49,51-54,56-57,59-61H,3-4,6,8-10,12,14-15,18,21-32,34,36-40,42,44-46H2,1-2H3,(H,55,58)/b7-5-,13-11-,17-16-,20-19-,35-33+,43-41+. The predicted octanol–water partition coefficient (Wildman–Crippen LogP) is 11.7. The molecule has 0 aromatic heterocycles. The lowest BCUT2D eigenvalue weighted by molar-refractivity contribution is -0.302. The summed E-state index contributed by atoms with van der Waals surface area (Å²) >= 11 is 0. The summed E-state index contributed by atoms with van der Waals surface area (Å²) in [4.78, 5) is 13.0. The quantitative estimate of drug-likeness (QED) is 0.0262. The molecule has 0 spiro atoms. The van der Waals surface area contributed by atoms with Crippen molar-refractivity contribution in [1.29, 1.82) is 0 Å². The molecule has 6 N–H and O–H groups in total. The van der Waals surface area contributed by atoms with Crippen LogP contribution >= 0.6 is 0 Å². The number of amides is 1. The van der Waals surface area contributed by atoms with Crippen molar-refractivity contribution in [3.05, 3.63) is 72.9 Å². The number of allylic oxidation sites excluding steroid dienone is 11. The highest BCUT2D eigenvalue weighted by Crippen LogP contribution is 2.23. The summed E-state index contributed by atoms with van der Waals surface area (Å²) in [5, 5.41) is 54.2. The fourth-order valence-corrected chi connectivity index (χ4v) is 7.69. The molecular formula is C54H95NO8. The van der Waals surface area contributed by atoms with Crippen molar-refractivity contribution < 1.29 is 39.8 Å². The number of unbranched alkanes of at least 4 members (excludes halogenated alkanes) is 22. The summed E-state index contributed by atoms with van der Waals surface area (Å²) in [5.74, 6) is -0.190. The maximum atomic E-state index is 13.0. The summed E-state index contributed by atoms with van der Waals surface area (Å²) in [7, 11) is 0. The molecule has 7 atom stereocenters. The van der Waals surface area contributed by atoms with Crippen molar-refractivity contribution in [2.24, 2.45) is 0 Å². The molecule has 0 radical (unpaired) electrons. The lowest BCUT2D eigenvalue weighted by Gasteiger charge is -2.40. The van der Waals surface area contributed by atoms with Gasteiger partial charge in [0, 0.05) is 6.42 Å². The van der Waals surface area contributed by atoms with Crippen LogP contribution in [-0.2, 0) is 14.3 Å². The number of nitrogens with one attached hydrogen (secondary N) is 1. The zero-order valence-corrected chi connectivity index (χ0v) is 40.1. The van der Waals surface area contributed by atoms with E-state index in [1.165, 1.54) is 122 Å². The van der Waals surface area contributed by atoms with Gasteiger partial charge in [-0.25, -0.2) is 0 Å². The van der Waals surface area contributed by atoms with E-state index in [4.69, 9.17) is 9.47 Å². The van der Waals surface area contributed by atoms with Gasteiger partial charge in [0.2, 0.25) is 5.91 Å². The van der Waals surface area contributed by atoms with Crippen molar-refractivity contribution in [1.82, 2.24) is 5.32 Å². The molecule has 9 heteroatoms. The van der Waals surface area contributed by atoms with Crippen LogP contribution in [0.25, 0.3) is 0 Å². The lowest BCUT2D eigenvalue weighted by Crippen LogP contribution is -2.60. The van der Waals surface area contributed by atoms with Gasteiger partial charge in [0.25, 0.3) is 0 Å². The van der Waals surface area contributed by atoms with Crippen LogP contribution in [-0.4, -0.2) is 87.5 Å². The Bertz CT molecular complexity index is 1210. The number of hydrogen-bond donors (Lipinski definition) is 6. The molecule has 1 heterocycles. The van der Waals surface area contributed by atoms with Crippen LogP contribution in [0, 0.1) is 0 Å². The van der Waals surface area contributed by atoms with E-state index in [1.54, 1.807) is 6.08 Å². The summed E-state index contributed by atoms with van der Waals surface area (Å²) in [6.45, 7) is 3.61. The molecule has 364 valence electrons. The molecule has 7 unspecified atom stereocenters. The van der Waals surface area contributed by atoms with E-state index in [2.05, 4.69) is 79.9 Å². The average molecular weight is 886 g/mol. The highest BCUT2D eigenvalue weighted by Gasteiger charge is 2.44. The van der Waals surface area contributed by atoms with Crippen molar-refractivity contribution in [3.63, 3.8) is 0 Å².